The van der Waals surface area contributed by atoms with Crippen LogP contribution in [0.15, 0.2) is 0 Å². The predicted molar refractivity (Wildman–Crippen MR) is 58.5 cm³/mol. The van der Waals surface area contributed by atoms with Gasteiger partial charge in [0.2, 0.25) is 0 Å². The first-order valence-electron chi connectivity index (χ1n) is 5.10. The van der Waals surface area contributed by atoms with Gasteiger partial charge >= 0.3 is 0 Å². The zero-order chi connectivity index (χ0) is 9.94. The van der Waals surface area contributed by atoms with Gasteiger partial charge in [-0.05, 0) is 25.3 Å². The average Bonchev–Trinajstić information content (AvgIpc) is 2.13. The SMILES string of the molecule is CCCC(CCCl)CNCCOC. The highest BCUT2D eigenvalue weighted by atomic mass is 35.5. The highest BCUT2D eigenvalue weighted by molar-refractivity contribution is 6.17. The van der Waals surface area contributed by atoms with Crippen molar-refractivity contribution in [3.63, 3.8) is 0 Å². The number of hydrogen-bond acceptors (Lipinski definition) is 2. The van der Waals surface area contributed by atoms with Crippen molar-refractivity contribution in [3.05, 3.63) is 0 Å². The Morgan fingerprint density at radius 2 is 2.15 bits per heavy atom. The van der Waals surface area contributed by atoms with Crippen LogP contribution in [0.25, 0.3) is 0 Å². The van der Waals surface area contributed by atoms with Gasteiger partial charge in [-0.25, -0.2) is 0 Å². The van der Waals surface area contributed by atoms with Gasteiger partial charge in [0.05, 0.1) is 6.61 Å². The van der Waals surface area contributed by atoms with Crippen LogP contribution in [0.5, 0.6) is 0 Å². The van der Waals surface area contributed by atoms with E-state index in [2.05, 4.69) is 12.2 Å². The first-order valence-corrected chi connectivity index (χ1v) is 5.64. The largest absolute Gasteiger partial charge is 0.383 e. The summed E-state index contributed by atoms with van der Waals surface area (Å²) in [6.45, 7) is 5.03. The van der Waals surface area contributed by atoms with Crippen molar-refractivity contribution in [1.29, 1.82) is 0 Å². The van der Waals surface area contributed by atoms with Crippen molar-refractivity contribution in [2.24, 2.45) is 5.92 Å². The van der Waals surface area contributed by atoms with Crippen molar-refractivity contribution in [2.75, 3.05) is 32.7 Å². The quantitative estimate of drug-likeness (QED) is 0.463. The summed E-state index contributed by atoms with van der Waals surface area (Å²) in [5.41, 5.74) is 0. The Morgan fingerprint density at radius 1 is 1.38 bits per heavy atom. The Kier molecular flexibility index (Phi) is 10.5. The van der Waals surface area contributed by atoms with Crippen LogP contribution in [-0.2, 0) is 4.74 Å². The van der Waals surface area contributed by atoms with Gasteiger partial charge in [0.15, 0.2) is 0 Å². The van der Waals surface area contributed by atoms with Crippen LogP contribution in [0.3, 0.4) is 0 Å². The van der Waals surface area contributed by atoms with Crippen molar-refractivity contribution >= 4 is 11.6 Å². The fraction of sp³-hybridized carbons (Fsp3) is 1.00. The summed E-state index contributed by atoms with van der Waals surface area (Å²) in [4.78, 5) is 0. The van der Waals surface area contributed by atoms with Crippen LogP contribution in [-0.4, -0.2) is 32.7 Å². The van der Waals surface area contributed by atoms with E-state index in [0.29, 0.717) is 0 Å². The summed E-state index contributed by atoms with van der Waals surface area (Å²) < 4.78 is 4.96. The topological polar surface area (TPSA) is 21.3 Å². The van der Waals surface area contributed by atoms with E-state index in [1.165, 1.54) is 12.8 Å². The highest BCUT2D eigenvalue weighted by Crippen LogP contribution is 2.10. The molecule has 0 aliphatic heterocycles. The Hall–Kier alpha value is 0.210. The summed E-state index contributed by atoms with van der Waals surface area (Å²) in [5, 5.41) is 3.37. The minimum atomic E-state index is 0.736. The normalized spacial score (nSPS) is 13.2. The average molecular weight is 208 g/mol. The van der Waals surface area contributed by atoms with E-state index >= 15 is 0 Å². The monoisotopic (exact) mass is 207 g/mol. The first-order chi connectivity index (χ1) is 6.35. The van der Waals surface area contributed by atoms with Crippen LogP contribution < -0.4 is 5.32 Å². The molecule has 0 spiro atoms. The molecule has 2 nitrogen and oxygen atoms in total. The molecule has 3 heteroatoms. The smallest absolute Gasteiger partial charge is 0.0587 e. The third kappa shape index (κ3) is 8.54. The molecule has 0 fully saturated rings. The second kappa shape index (κ2) is 10.3. The van der Waals surface area contributed by atoms with E-state index in [0.717, 1.165) is 37.9 Å². The molecule has 80 valence electrons. The lowest BCUT2D eigenvalue weighted by Gasteiger charge is -2.15. The molecular weight excluding hydrogens is 186 g/mol. The molecule has 0 aromatic heterocycles. The molecule has 0 aromatic rings. The molecule has 0 saturated heterocycles. The molecular formula is C10H22ClNO. The predicted octanol–water partition coefficient (Wildman–Crippen LogP) is 2.27. The molecule has 1 unspecified atom stereocenters. The van der Waals surface area contributed by atoms with Crippen LogP contribution in [0, 0.1) is 5.92 Å². The number of methoxy groups -OCH3 is 1. The summed E-state index contributed by atoms with van der Waals surface area (Å²) in [7, 11) is 1.73. The number of alkyl halides is 1. The van der Waals surface area contributed by atoms with E-state index in [1.807, 2.05) is 0 Å². The van der Waals surface area contributed by atoms with Gasteiger partial charge in [-0.15, -0.1) is 11.6 Å². The van der Waals surface area contributed by atoms with Gasteiger partial charge < -0.3 is 10.1 Å². The fourth-order valence-electron chi connectivity index (χ4n) is 1.39. The van der Waals surface area contributed by atoms with E-state index < -0.39 is 0 Å². The Bertz CT molecular complexity index is 94.9. The summed E-state index contributed by atoms with van der Waals surface area (Å²) in [6, 6.07) is 0. The van der Waals surface area contributed by atoms with Crippen molar-refractivity contribution in [3.8, 4) is 0 Å². The standard InChI is InChI=1S/C10H22ClNO/c1-3-4-10(5-6-11)9-12-7-8-13-2/h10,12H,3-9H2,1-2H3. The molecule has 0 heterocycles. The van der Waals surface area contributed by atoms with Gasteiger partial charge in [0, 0.05) is 19.5 Å². The van der Waals surface area contributed by atoms with Gasteiger partial charge in [-0.1, -0.05) is 13.3 Å². The second-order valence-electron chi connectivity index (χ2n) is 3.33. The minimum absolute atomic E-state index is 0.736. The van der Waals surface area contributed by atoms with Crippen LogP contribution in [0.2, 0.25) is 0 Å². The zero-order valence-corrected chi connectivity index (χ0v) is 9.57. The lowest BCUT2D eigenvalue weighted by molar-refractivity contribution is 0.197. The third-order valence-corrected chi connectivity index (χ3v) is 2.35. The molecule has 0 aliphatic carbocycles. The second-order valence-corrected chi connectivity index (χ2v) is 3.71. The van der Waals surface area contributed by atoms with E-state index in [1.54, 1.807) is 7.11 Å². The minimum Gasteiger partial charge on any atom is -0.383 e. The summed E-state index contributed by atoms with van der Waals surface area (Å²) in [6.07, 6.45) is 3.63. The maximum absolute atomic E-state index is 5.72. The van der Waals surface area contributed by atoms with E-state index in [9.17, 15) is 0 Å². The number of rotatable bonds is 9. The Morgan fingerprint density at radius 3 is 2.69 bits per heavy atom. The Labute approximate surface area is 87.0 Å². The fourth-order valence-corrected chi connectivity index (χ4v) is 1.70. The molecule has 0 bridgehead atoms. The van der Waals surface area contributed by atoms with Crippen molar-refractivity contribution in [2.45, 2.75) is 26.2 Å². The third-order valence-electron chi connectivity index (χ3n) is 2.13. The first kappa shape index (κ1) is 13.2. The molecule has 0 amide bonds. The summed E-state index contributed by atoms with van der Waals surface area (Å²) >= 11 is 5.72. The molecule has 0 aliphatic rings. The maximum Gasteiger partial charge on any atom is 0.0587 e. The van der Waals surface area contributed by atoms with Crippen LogP contribution >= 0.6 is 11.6 Å². The van der Waals surface area contributed by atoms with Gasteiger partial charge in [0.1, 0.15) is 0 Å². The zero-order valence-electron chi connectivity index (χ0n) is 8.81. The molecule has 1 atom stereocenters. The van der Waals surface area contributed by atoms with Crippen molar-refractivity contribution in [1.82, 2.24) is 5.32 Å². The number of ether oxygens (including phenoxy) is 1. The molecule has 1 N–H and O–H groups in total. The molecule has 0 aromatic carbocycles. The lowest BCUT2D eigenvalue weighted by Crippen LogP contribution is -2.26. The molecule has 13 heavy (non-hydrogen) atoms. The van der Waals surface area contributed by atoms with E-state index in [4.69, 9.17) is 16.3 Å². The summed E-state index contributed by atoms with van der Waals surface area (Å²) in [5.74, 6) is 1.51. The number of halogens is 1. The Balaban J connectivity index is 3.33. The number of hydrogen-bond donors (Lipinski definition) is 1. The van der Waals surface area contributed by atoms with Crippen LogP contribution in [0.4, 0.5) is 0 Å². The van der Waals surface area contributed by atoms with Gasteiger partial charge in [-0.2, -0.15) is 0 Å². The van der Waals surface area contributed by atoms with E-state index in [-0.39, 0.29) is 0 Å². The lowest BCUT2D eigenvalue weighted by atomic mass is 10.0. The maximum atomic E-state index is 5.72. The molecule has 0 radical (unpaired) electrons. The molecule has 0 rings (SSSR count). The number of nitrogens with one attached hydrogen (secondary N) is 1. The van der Waals surface area contributed by atoms with Crippen LogP contribution in [0.1, 0.15) is 26.2 Å². The van der Waals surface area contributed by atoms with Crippen molar-refractivity contribution < 1.29 is 4.74 Å². The highest BCUT2D eigenvalue weighted by Gasteiger charge is 2.05. The van der Waals surface area contributed by atoms with Gasteiger partial charge in [-0.3, -0.25) is 0 Å². The molecule has 0 saturated carbocycles. The van der Waals surface area contributed by atoms with Gasteiger partial charge in [0.25, 0.3) is 0 Å².